The molecule has 0 atom stereocenters. The Morgan fingerprint density at radius 1 is 1.06 bits per heavy atom. The number of aryl methyl sites for hydroxylation is 1. The minimum absolute atomic E-state index is 0.140. The minimum Gasteiger partial charge on any atom is -0.408 e. The smallest absolute Gasteiger partial charge is 0.408 e. The highest BCUT2D eigenvalue weighted by atomic mass is 32.2. The molecular formula is C23H33N3O5S. The monoisotopic (exact) mass is 463 g/mol. The number of likely N-dealkylation sites (tertiary alicyclic amines) is 1. The molecule has 1 aromatic carbocycles. The van der Waals surface area contributed by atoms with E-state index in [0.29, 0.717) is 50.0 Å². The minimum atomic E-state index is -3.68. The number of nitrogens with zero attached hydrogens (tertiary/aromatic N) is 3. The zero-order chi connectivity index (χ0) is 22.7. The highest BCUT2D eigenvalue weighted by molar-refractivity contribution is 7.89. The van der Waals surface area contributed by atoms with Crippen molar-refractivity contribution in [2.45, 2.75) is 69.7 Å². The number of amides is 1. The van der Waals surface area contributed by atoms with Gasteiger partial charge >= 0.3 is 5.76 Å². The van der Waals surface area contributed by atoms with Crippen molar-refractivity contribution in [2.24, 2.45) is 5.92 Å². The van der Waals surface area contributed by atoms with Crippen LogP contribution in [0.4, 0.5) is 0 Å². The Labute approximate surface area is 189 Å². The van der Waals surface area contributed by atoms with E-state index in [4.69, 9.17) is 4.42 Å². The van der Waals surface area contributed by atoms with E-state index in [2.05, 4.69) is 0 Å². The van der Waals surface area contributed by atoms with E-state index in [1.165, 1.54) is 27.8 Å². The summed E-state index contributed by atoms with van der Waals surface area (Å²) in [5, 5.41) is 0. The van der Waals surface area contributed by atoms with Crippen LogP contribution in [0.2, 0.25) is 0 Å². The van der Waals surface area contributed by atoms with Crippen molar-refractivity contribution in [2.75, 3.05) is 26.2 Å². The maximum atomic E-state index is 13.2. The molecule has 0 bridgehead atoms. The molecule has 8 nitrogen and oxygen atoms in total. The van der Waals surface area contributed by atoms with Crippen LogP contribution in [-0.2, 0) is 21.4 Å². The molecule has 0 spiro atoms. The van der Waals surface area contributed by atoms with Crippen LogP contribution in [0.15, 0.2) is 32.3 Å². The maximum absolute atomic E-state index is 13.2. The molecule has 0 radical (unpaired) electrons. The molecule has 1 amide bonds. The topological polar surface area (TPSA) is 92.8 Å². The lowest BCUT2D eigenvalue weighted by Gasteiger charge is -2.32. The van der Waals surface area contributed by atoms with Gasteiger partial charge in [-0.2, -0.15) is 4.31 Å². The van der Waals surface area contributed by atoms with Crippen LogP contribution >= 0.6 is 0 Å². The van der Waals surface area contributed by atoms with Gasteiger partial charge in [0, 0.05) is 45.2 Å². The van der Waals surface area contributed by atoms with Gasteiger partial charge in [-0.3, -0.25) is 9.36 Å². The summed E-state index contributed by atoms with van der Waals surface area (Å²) in [6.45, 7) is 5.00. The SMILES string of the molecule is CCCn1c(=O)oc2cc(S(=O)(=O)N3CCC(CC(=O)N4CCCCCC4)CC3)ccc21. The van der Waals surface area contributed by atoms with Crippen molar-refractivity contribution < 1.29 is 17.6 Å². The van der Waals surface area contributed by atoms with Crippen LogP contribution < -0.4 is 5.76 Å². The third-order valence-electron chi connectivity index (χ3n) is 6.72. The second-order valence-electron chi connectivity index (χ2n) is 9.00. The third-order valence-corrected chi connectivity index (χ3v) is 8.61. The number of carbonyl (C=O) groups is 1. The summed E-state index contributed by atoms with van der Waals surface area (Å²) >= 11 is 0. The predicted molar refractivity (Wildman–Crippen MR) is 122 cm³/mol. The average molecular weight is 464 g/mol. The summed E-state index contributed by atoms with van der Waals surface area (Å²) in [6.07, 6.45) is 7.20. The van der Waals surface area contributed by atoms with Gasteiger partial charge in [0.05, 0.1) is 10.4 Å². The van der Waals surface area contributed by atoms with E-state index in [9.17, 15) is 18.0 Å². The van der Waals surface area contributed by atoms with E-state index in [1.54, 1.807) is 12.1 Å². The largest absolute Gasteiger partial charge is 0.419 e. The van der Waals surface area contributed by atoms with Crippen molar-refractivity contribution in [1.29, 1.82) is 0 Å². The lowest BCUT2D eigenvalue weighted by atomic mass is 9.94. The molecule has 0 N–H and O–H groups in total. The highest BCUT2D eigenvalue weighted by Gasteiger charge is 2.31. The summed E-state index contributed by atoms with van der Waals surface area (Å²) in [5.41, 5.74) is 0.906. The third kappa shape index (κ3) is 4.78. The van der Waals surface area contributed by atoms with E-state index < -0.39 is 15.8 Å². The van der Waals surface area contributed by atoms with Crippen LogP contribution in [0.25, 0.3) is 11.1 Å². The lowest BCUT2D eigenvalue weighted by molar-refractivity contribution is -0.132. The zero-order valence-electron chi connectivity index (χ0n) is 18.8. The second kappa shape index (κ2) is 9.79. The Morgan fingerprint density at radius 2 is 1.75 bits per heavy atom. The molecule has 3 heterocycles. The second-order valence-corrected chi connectivity index (χ2v) is 10.9. The zero-order valence-corrected chi connectivity index (χ0v) is 19.6. The molecule has 2 aliphatic heterocycles. The van der Waals surface area contributed by atoms with Gasteiger partial charge < -0.3 is 9.32 Å². The van der Waals surface area contributed by atoms with Crippen molar-refractivity contribution >= 4 is 27.0 Å². The molecule has 2 aliphatic rings. The predicted octanol–water partition coefficient (Wildman–Crippen LogP) is 3.20. The molecule has 2 saturated heterocycles. The maximum Gasteiger partial charge on any atom is 0.419 e. The average Bonchev–Trinajstić information content (AvgIpc) is 2.95. The molecule has 1 aromatic heterocycles. The Balaban J connectivity index is 1.40. The first kappa shape index (κ1) is 23.0. The fraction of sp³-hybridized carbons (Fsp3) is 0.652. The fourth-order valence-corrected chi connectivity index (χ4v) is 6.33. The van der Waals surface area contributed by atoms with Gasteiger partial charge in [0.2, 0.25) is 15.9 Å². The summed E-state index contributed by atoms with van der Waals surface area (Å²) < 4.78 is 34.7. The van der Waals surface area contributed by atoms with E-state index >= 15 is 0 Å². The number of oxazole rings is 1. The Kier molecular flexibility index (Phi) is 7.05. The molecule has 0 saturated carbocycles. The number of fused-ring (bicyclic) bond motifs is 1. The summed E-state index contributed by atoms with van der Waals surface area (Å²) in [6, 6.07) is 4.65. The highest BCUT2D eigenvalue weighted by Crippen LogP contribution is 2.28. The van der Waals surface area contributed by atoms with Gasteiger partial charge in [0.25, 0.3) is 0 Å². The number of carbonyl (C=O) groups excluding carboxylic acids is 1. The van der Waals surface area contributed by atoms with Crippen LogP contribution in [-0.4, -0.2) is 54.3 Å². The van der Waals surface area contributed by atoms with Crippen molar-refractivity contribution in [1.82, 2.24) is 13.8 Å². The number of piperidine rings is 1. The fourth-order valence-electron chi connectivity index (χ4n) is 4.84. The quantitative estimate of drug-likeness (QED) is 0.656. The molecule has 2 fully saturated rings. The van der Waals surface area contributed by atoms with Crippen molar-refractivity contribution in [3.8, 4) is 0 Å². The van der Waals surface area contributed by atoms with Crippen LogP contribution in [0.5, 0.6) is 0 Å². The van der Waals surface area contributed by atoms with Gasteiger partial charge in [0.15, 0.2) is 5.58 Å². The molecule has 176 valence electrons. The molecule has 9 heteroatoms. The number of benzene rings is 1. The number of sulfonamides is 1. The number of aromatic nitrogens is 1. The van der Waals surface area contributed by atoms with E-state index in [-0.39, 0.29) is 16.7 Å². The first-order valence-electron chi connectivity index (χ1n) is 11.8. The van der Waals surface area contributed by atoms with Crippen LogP contribution in [0.3, 0.4) is 0 Å². The van der Waals surface area contributed by atoms with Crippen LogP contribution in [0, 0.1) is 5.92 Å². The molecule has 0 unspecified atom stereocenters. The van der Waals surface area contributed by atoms with Gasteiger partial charge in [-0.05, 0) is 50.2 Å². The molecule has 0 aliphatic carbocycles. The summed E-state index contributed by atoms with van der Waals surface area (Å²) in [5.74, 6) is -0.0302. The first-order valence-corrected chi connectivity index (χ1v) is 13.3. The summed E-state index contributed by atoms with van der Waals surface area (Å²) in [4.78, 5) is 26.9. The number of hydrogen-bond acceptors (Lipinski definition) is 5. The Bertz CT molecular complexity index is 1100. The van der Waals surface area contributed by atoms with Gasteiger partial charge in [0.1, 0.15) is 0 Å². The standard InChI is InChI=1S/C23H33N3O5S/c1-2-11-26-20-8-7-19(17-21(20)31-23(26)28)32(29,30)25-14-9-18(10-15-25)16-22(27)24-12-5-3-4-6-13-24/h7-8,17-18H,2-6,9-16H2,1H3. The summed E-state index contributed by atoms with van der Waals surface area (Å²) in [7, 11) is -3.68. The van der Waals surface area contributed by atoms with Crippen LogP contribution in [0.1, 0.15) is 58.3 Å². The molecule has 32 heavy (non-hydrogen) atoms. The number of rotatable bonds is 6. The molecule has 4 rings (SSSR count). The molecular weight excluding hydrogens is 430 g/mol. The molecule has 2 aromatic rings. The Hall–Kier alpha value is -2.13. The Morgan fingerprint density at radius 3 is 2.41 bits per heavy atom. The van der Waals surface area contributed by atoms with Crippen molar-refractivity contribution in [3.05, 3.63) is 28.7 Å². The van der Waals surface area contributed by atoms with Gasteiger partial charge in [-0.15, -0.1) is 0 Å². The first-order chi connectivity index (χ1) is 15.4. The van der Waals surface area contributed by atoms with Crippen molar-refractivity contribution in [3.63, 3.8) is 0 Å². The lowest BCUT2D eigenvalue weighted by Crippen LogP contribution is -2.40. The van der Waals surface area contributed by atoms with Gasteiger partial charge in [-0.1, -0.05) is 19.8 Å². The number of hydrogen-bond donors (Lipinski definition) is 0. The van der Waals surface area contributed by atoms with Gasteiger partial charge in [-0.25, -0.2) is 13.2 Å². The van der Waals surface area contributed by atoms with E-state index in [1.807, 2.05) is 11.8 Å². The normalized spacial score (nSPS) is 19.3. The van der Waals surface area contributed by atoms with E-state index in [0.717, 1.165) is 32.4 Å².